The SMILES string of the molecule is NC1CCCCC1NS(=O)(=O)CCCC(F)(F)F. The van der Waals surface area contributed by atoms with Gasteiger partial charge in [0, 0.05) is 18.5 Å². The average Bonchev–Trinajstić information content (AvgIpc) is 2.18. The molecule has 1 aliphatic rings. The Balaban J connectivity index is 2.39. The molecule has 0 aromatic carbocycles. The fourth-order valence-electron chi connectivity index (χ4n) is 2.06. The molecule has 0 radical (unpaired) electrons. The molecule has 0 aromatic heterocycles. The molecule has 0 spiro atoms. The number of hydrogen-bond acceptors (Lipinski definition) is 3. The molecule has 3 N–H and O–H groups in total. The van der Waals surface area contributed by atoms with Crippen molar-refractivity contribution in [2.24, 2.45) is 5.73 Å². The minimum Gasteiger partial charge on any atom is -0.326 e. The molecular formula is C10H19F3N2O2S. The predicted octanol–water partition coefficient (Wildman–Crippen LogP) is 1.52. The van der Waals surface area contributed by atoms with E-state index in [1.807, 2.05) is 0 Å². The van der Waals surface area contributed by atoms with Gasteiger partial charge in [-0.15, -0.1) is 0 Å². The number of rotatable bonds is 5. The molecule has 108 valence electrons. The maximum atomic E-state index is 11.9. The van der Waals surface area contributed by atoms with Crippen LogP contribution in [0.3, 0.4) is 0 Å². The van der Waals surface area contributed by atoms with E-state index in [1.54, 1.807) is 0 Å². The largest absolute Gasteiger partial charge is 0.389 e. The molecule has 1 saturated carbocycles. The zero-order chi connectivity index (χ0) is 13.8. The van der Waals surface area contributed by atoms with Gasteiger partial charge in [0.05, 0.1) is 5.75 Å². The second-order valence-electron chi connectivity index (χ2n) is 4.71. The van der Waals surface area contributed by atoms with Crippen molar-refractivity contribution in [1.29, 1.82) is 0 Å². The molecule has 1 rings (SSSR count). The van der Waals surface area contributed by atoms with Gasteiger partial charge in [0.25, 0.3) is 0 Å². The number of nitrogens with one attached hydrogen (secondary N) is 1. The first-order valence-electron chi connectivity index (χ1n) is 6.02. The Labute approximate surface area is 105 Å². The van der Waals surface area contributed by atoms with Gasteiger partial charge in [0.2, 0.25) is 10.0 Å². The quantitative estimate of drug-likeness (QED) is 0.805. The number of alkyl halides is 3. The van der Waals surface area contributed by atoms with Gasteiger partial charge in [-0.05, 0) is 19.3 Å². The zero-order valence-corrected chi connectivity index (χ0v) is 10.9. The van der Waals surface area contributed by atoms with E-state index in [9.17, 15) is 21.6 Å². The normalized spacial score (nSPS) is 26.2. The van der Waals surface area contributed by atoms with Crippen LogP contribution in [0.4, 0.5) is 13.2 Å². The highest BCUT2D eigenvalue weighted by molar-refractivity contribution is 7.89. The van der Waals surface area contributed by atoms with Crippen LogP contribution in [0.2, 0.25) is 0 Å². The Morgan fingerprint density at radius 2 is 1.83 bits per heavy atom. The predicted molar refractivity (Wildman–Crippen MR) is 62.4 cm³/mol. The Morgan fingerprint density at radius 1 is 1.22 bits per heavy atom. The van der Waals surface area contributed by atoms with E-state index >= 15 is 0 Å². The lowest BCUT2D eigenvalue weighted by molar-refractivity contribution is -0.134. The van der Waals surface area contributed by atoms with Gasteiger partial charge in [-0.3, -0.25) is 0 Å². The Hall–Kier alpha value is -0.340. The number of nitrogens with two attached hydrogens (primary N) is 1. The third kappa shape index (κ3) is 6.01. The van der Waals surface area contributed by atoms with Crippen molar-refractivity contribution >= 4 is 10.0 Å². The van der Waals surface area contributed by atoms with E-state index in [1.165, 1.54) is 0 Å². The Morgan fingerprint density at radius 3 is 2.39 bits per heavy atom. The van der Waals surface area contributed by atoms with E-state index in [4.69, 9.17) is 5.73 Å². The molecule has 1 fully saturated rings. The molecule has 1 aliphatic carbocycles. The summed E-state index contributed by atoms with van der Waals surface area (Å²) in [6, 6.07) is -0.578. The van der Waals surface area contributed by atoms with Gasteiger partial charge in [-0.1, -0.05) is 12.8 Å². The van der Waals surface area contributed by atoms with Crippen molar-refractivity contribution in [2.75, 3.05) is 5.75 Å². The minimum atomic E-state index is -4.31. The molecule has 0 bridgehead atoms. The van der Waals surface area contributed by atoms with Gasteiger partial charge in [-0.25, -0.2) is 13.1 Å². The first kappa shape index (κ1) is 15.7. The van der Waals surface area contributed by atoms with Gasteiger partial charge in [-0.2, -0.15) is 13.2 Å². The summed E-state index contributed by atoms with van der Waals surface area (Å²) >= 11 is 0. The van der Waals surface area contributed by atoms with Crippen LogP contribution >= 0.6 is 0 Å². The zero-order valence-electron chi connectivity index (χ0n) is 10.0. The fourth-order valence-corrected chi connectivity index (χ4v) is 3.45. The number of sulfonamides is 1. The van der Waals surface area contributed by atoms with Gasteiger partial charge >= 0.3 is 6.18 Å². The second-order valence-corrected chi connectivity index (χ2v) is 6.58. The second kappa shape index (κ2) is 6.21. The lowest BCUT2D eigenvalue weighted by Crippen LogP contribution is -2.49. The lowest BCUT2D eigenvalue weighted by atomic mass is 9.92. The smallest absolute Gasteiger partial charge is 0.326 e. The van der Waals surface area contributed by atoms with Crippen molar-refractivity contribution in [3.05, 3.63) is 0 Å². The highest BCUT2D eigenvalue weighted by Gasteiger charge is 2.29. The number of halogens is 3. The summed E-state index contributed by atoms with van der Waals surface area (Å²) in [5.41, 5.74) is 5.78. The molecule has 2 unspecified atom stereocenters. The number of hydrogen-bond donors (Lipinski definition) is 2. The Kier molecular flexibility index (Phi) is 5.42. The molecular weight excluding hydrogens is 269 g/mol. The van der Waals surface area contributed by atoms with E-state index < -0.39 is 34.8 Å². The standard InChI is InChI=1S/C10H19F3N2O2S/c11-10(12,13)6-3-7-18(16,17)15-9-5-2-1-4-8(9)14/h8-9,15H,1-7,14H2. The van der Waals surface area contributed by atoms with Crippen LogP contribution in [-0.4, -0.2) is 32.4 Å². The lowest BCUT2D eigenvalue weighted by Gasteiger charge is -2.29. The van der Waals surface area contributed by atoms with E-state index in [-0.39, 0.29) is 12.1 Å². The summed E-state index contributed by atoms with van der Waals surface area (Å²) in [7, 11) is -3.67. The highest BCUT2D eigenvalue weighted by Crippen LogP contribution is 2.22. The van der Waals surface area contributed by atoms with Gasteiger partial charge in [0.1, 0.15) is 0 Å². The summed E-state index contributed by atoms with van der Waals surface area (Å²) in [5.74, 6) is -0.504. The van der Waals surface area contributed by atoms with Crippen LogP contribution in [0.25, 0.3) is 0 Å². The molecule has 2 atom stereocenters. The van der Waals surface area contributed by atoms with Crippen LogP contribution in [-0.2, 0) is 10.0 Å². The van der Waals surface area contributed by atoms with Crippen LogP contribution in [0, 0.1) is 0 Å². The van der Waals surface area contributed by atoms with Crippen LogP contribution in [0.15, 0.2) is 0 Å². The minimum absolute atomic E-state index is 0.240. The molecule has 0 aliphatic heterocycles. The maximum Gasteiger partial charge on any atom is 0.389 e. The summed E-state index contributed by atoms with van der Waals surface area (Å²) in [4.78, 5) is 0. The van der Waals surface area contributed by atoms with Gasteiger partial charge < -0.3 is 5.73 Å². The fraction of sp³-hybridized carbons (Fsp3) is 1.00. The molecule has 0 amide bonds. The van der Waals surface area contributed by atoms with Crippen LogP contribution in [0.1, 0.15) is 38.5 Å². The third-order valence-corrected chi connectivity index (χ3v) is 4.51. The first-order chi connectivity index (χ1) is 8.20. The first-order valence-corrected chi connectivity index (χ1v) is 7.67. The van der Waals surface area contributed by atoms with Crippen molar-refractivity contribution in [1.82, 2.24) is 4.72 Å². The highest BCUT2D eigenvalue weighted by atomic mass is 32.2. The summed E-state index contributed by atoms with van der Waals surface area (Å²) < 4.78 is 61.4. The Bertz CT molecular complexity index is 357. The van der Waals surface area contributed by atoms with E-state index in [0.29, 0.717) is 6.42 Å². The monoisotopic (exact) mass is 288 g/mol. The molecule has 18 heavy (non-hydrogen) atoms. The average molecular weight is 288 g/mol. The van der Waals surface area contributed by atoms with E-state index in [0.717, 1.165) is 19.3 Å². The van der Waals surface area contributed by atoms with Crippen molar-refractivity contribution in [2.45, 2.75) is 56.8 Å². The van der Waals surface area contributed by atoms with Crippen molar-refractivity contribution < 1.29 is 21.6 Å². The maximum absolute atomic E-state index is 11.9. The summed E-state index contributed by atoms with van der Waals surface area (Å²) in [6.07, 6.45) is -2.55. The van der Waals surface area contributed by atoms with Crippen LogP contribution < -0.4 is 10.5 Å². The topological polar surface area (TPSA) is 72.2 Å². The van der Waals surface area contributed by atoms with E-state index in [2.05, 4.69) is 4.72 Å². The van der Waals surface area contributed by atoms with Crippen molar-refractivity contribution in [3.63, 3.8) is 0 Å². The summed E-state index contributed by atoms with van der Waals surface area (Å²) in [6.45, 7) is 0. The van der Waals surface area contributed by atoms with Gasteiger partial charge in [0.15, 0.2) is 0 Å². The molecule has 4 nitrogen and oxygen atoms in total. The van der Waals surface area contributed by atoms with Crippen molar-refractivity contribution in [3.8, 4) is 0 Å². The molecule has 8 heteroatoms. The summed E-state index contributed by atoms with van der Waals surface area (Å²) in [5, 5.41) is 0. The molecule has 0 saturated heterocycles. The molecule has 0 aromatic rings. The van der Waals surface area contributed by atoms with Crippen LogP contribution in [0.5, 0.6) is 0 Å². The molecule has 0 heterocycles. The third-order valence-electron chi connectivity index (χ3n) is 3.02.